The summed E-state index contributed by atoms with van der Waals surface area (Å²) >= 11 is 16.9. The molecule has 0 aliphatic rings. The van der Waals surface area contributed by atoms with E-state index in [1.54, 1.807) is 18.2 Å². The fourth-order valence-corrected chi connectivity index (χ4v) is 2.36. The fraction of sp³-hybridized carbons (Fsp3) is 0.133. The van der Waals surface area contributed by atoms with E-state index in [1.807, 2.05) is 6.92 Å². The molecule has 0 atom stereocenters. The van der Waals surface area contributed by atoms with Gasteiger partial charge in [0.1, 0.15) is 0 Å². The zero-order valence-corrected chi connectivity index (χ0v) is 14.1. The summed E-state index contributed by atoms with van der Waals surface area (Å²) in [5.74, 6) is 0. The second kappa shape index (κ2) is 6.95. The Morgan fingerprint density at radius 1 is 1.00 bits per heavy atom. The lowest BCUT2D eigenvalue weighted by molar-refractivity contribution is -0.137. The minimum absolute atomic E-state index is 0.0682. The number of nitrogens with one attached hydrogen (secondary N) is 2. The number of rotatable bonds is 2. The summed E-state index contributed by atoms with van der Waals surface area (Å²) in [4.78, 5) is 0. The summed E-state index contributed by atoms with van der Waals surface area (Å²) < 4.78 is 38.2. The smallest absolute Gasteiger partial charge is 0.332 e. The zero-order valence-electron chi connectivity index (χ0n) is 11.8. The van der Waals surface area contributed by atoms with Gasteiger partial charge in [-0.05, 0) is 55.0 Å². The van der Waals surface area contributed by atoms with E-state index in [0.717, 1.165) is 17.7 Å². The largest absolute Gasteiger partial charge is 0.416 e. The maximum absolute atomic E-state index is 12.7. The molecule has 0 radical (unpaired) electrons. The predicted octanol–water partition coefficient (Wildman–Crippen LogP) is 6.13. The molecule has 2 N–H and O–H groups in total. The molecule has 2 rings (SSSR count). The summed E-state index contributed by atoms with van der Waals surface area (Å²) in [6, 6.07) is 8.16. The van der Waals surface area contributed by atoms with Gasteiger partial charge in [0.15, 0.2) is 5.11 Å². The van der Waals surface area contributed by atoms with Crippen molar-refractivity contribution in [1.82, 2.24) is 0 Å². The molecule has 0 saturated heterocycles. The normalized spacial score (nSPS) is 11.2. The molecule has 0 spiro atoms. The van der Waals surface area contributed by atoms with Crippen LogP contribution in [0.1, 0.15) is 11.1 Å². The Bertz CT molecular complexity index is 748. The van der Waals surface area contributed by atoms with E-state index in [2.05, 4.69) is 10.6 Å². The van der Waals surface area contributed by atoms with Gasteiger partial charge >= 0.3 is 6.18 Å². The molecule has 2 aromatic rings. The van der Waals surface area contributed by atoms with E-state index in [9.17, 15) is 13.2 Å². The Balaban J connectivity index is 2.18. The summed E-state index contributed by atoms with van der Waals surface area (Å²) in [5, 5.41) is 6.29. The second-order valence-corrected chi connectivity index (χ2v) is 5.98. The Kier molecular flexibility index (Phi) is 5.39. The summed E-state index contributed by atoms with van der Waals surface area (Å²) in [6.07, 6.45) is -4.46. The highest BCUT2D eigenvalue weighted by molar-refractivity contribution is 7.80. The first-order valence-electron chi connectivity index (χ1n) is 6.38. The monoisotopic (exact) mass is 378 g/mol. The van der Waals surface area contributed by atoms with Gasteiger partial charge in [-0.1, -0.05) is 29.3 Å². The van der Waals surface area contributed by atoms with Gasteiger partial charge in [-0.3, -0.25) is 0 Å². The van der Waals surface area contributed by atoms with E-state index >= 15 is 0 Å². The SMILES string of the molecule is Cc1ccc(Cl)cc1NC(=S)Nc1cc(C(F)(F)F)ccc1Cl. The van der Waals surface area contributed by atoms with Crippen molar-refractivity contribution in [2.75, 3.05) is 10.6 Å². The van der Waals surface area contributed by atoms with Gasteiger partial charge in [0.25, 0.3) is 0 Å². The van der Waals surface area contributed by atoms with Crippen LogP contribution in [0.4, 0.5) is 24.5 Å². The third-order valence-electron chi connectivity index (χ3n) is 2.99. The van der Waals surface area contributed by atoms with Crippen LogP contribution in [0.15, 0.2) is 36.4 Å². The van der Waals surface area contributed by atoms with Crippen molar-refractivity contribution < 1.29 is 13.2 Å². The Morgan fingerprint density at radius 2 is 1.65 bits per heavy atom. The average molecular weight is 379 g/mol. The lowest BCUT2D eigenvalue weighted by Crippen LogP contribution is -2.20. The van der Waals surface area contributed by atoms with Crippen LogP contribution >= 0.6 is 35.4 Å². The van der Waals surface area contributed by atoms with E-state index < -0.39 is 11.7 Å². The molecule has 0 heterocycles. The van der Waals surface area contributed by atoms with Gasteiger partial charge in [-0.2, -0.15) is 13.2 Å². The number of hydrogen-bond acceptors (Lipinski definition) is 1. The third kappa shape index (κ3) is 4.73. The molecule has 0 bridgehead atoms. The number of hydrogen-bond donors (Lipinski definition) is 2. The van der Waals surface area contributed by atoms with E-state index in [-0.39, 0.29) is 15.8 Å². The maximum Gasteiger partial charge on any atom is 0.416 e. The van der Waals surface area contributed by atoms with Crippen LogP contribution in [0, 0.1) is 6.92 Å². The van der Waals surface area contributed by atoms with Crippen LogP contribution < -0.4 is 10.6 Å². The van der Waals surface area contributed by atoms with Gasteiger partial charge in [0, 0.05) is 10.7 Å². The van der Waals surface area contributed by atoms with Crippen molar-refractivity contribution in [3.05, 3.63) is 57.6 Å². The van der Waals surface area contributed by atoms with Crippen molar-refractivity contribution in [1.29, 1.82) is 0 Å². The Hall–Kier alpha value is -1.50. The molecule has 0 fully saturated rings. The van der Waals surface area contributed by atoms with E-state index in [1.165, 1.54) is 6.07 Å². The van der Waals surface area contributed by atoms with Crippen molar-refractivity contribution in [3.63, 3.8) is 0 Å². The van der Waals surface area contributed by atoms with Gasteiger partial charge in [-0.15, -0.1) is 0 Å². The molecule has 23 heavy (non-hydrogen) atoms. The van der Waals surface area contributed by atoms with Gasteiger partial charge in [0.2, 0.25) is 0 Å². The van der Waals surface area contributed by atoms with Crippen molar-refractivity contribution in [3.8, 4) is 0 Å². The number of anilines is 2. The molecule has 2 nitrogen and oxygen atoms in total. The van der Waals surface area contributed by atoms with Crippen LogP contribution in [-0.4, -0.2) is 5.11 Å². The van der Waals surface area contributed by atoms with Crippen LogP contribution in [0.5, 0.6) is 0 Å². The summed E-state index contributed by atoms with van der Waals surface area (Å²) in [7, 11) is 0. The van der Waals surface area contributed by atoms with Gasteiger partial charge in [0.05, 0.1) is 16.3 Å². The highest BCUT2D eigenvalue weighted by atomic mass is 35.5. The first-order valence-corrected chi connectivity index (χ1v) is 7.54. The molecule has 0 aromatic heterocycles. The van der Waals surface area contributed by atoms with Crippen molar-refractivity contribution in [2.45, 2.75) is 13.1 Å². The third-order valence-corrected chi connectivity index (χ3v) is 3.76. The molecule has 0 unspecified atom stereocenters. The minimum Gasteiger partial charge on any atom is -0.332 e. The second-order valence-electron chi connectivity index (χ2n) is 4.73. The van der Waals surface area contributed by atoms with Crippen LogP contribution in [0.3, 0.4) is 0 Å². The standard InChI is InChI=1S/C15H11Cl2F3N2S/c1-8-2-4-10(16)7-12(8)21-14(23)22-13-6-9(15(18,19)20)3-5-11(13)17/h2-7H,1H3,(H2,21,22,23). The molecule has 122 valence electrons. The lowest BCUT2D eigenvalue weighted by atomic mass is 10.2. The lowest BCUT2D eigenvalue weighted by Gasteiger charge is -2.15. The summed E-state index contributed by atoms with van der Waals surface area (Å²) in [5.41, 5.74) is 0.789. The Labute approximate surface area is 146 Å². The highest BCUT2D eigenvalue weighted by Crippen LogP contribution is 2.34. The number of halogens is 5. The van der Waals surface area contributed by atoms with Crippen LogP contribution in [0.2, 0.25) is 10.0 Å². The van der Waals surface area contributed by atoms with Crippen LogP contribution in [-0.2, 0) is 6.18 Å². The van der Waals surface area contributed by atoms with E-state index in [0.29, 0.717) is 10.7 Å². The van der Waals surface area contributed by atoms with Crippen LogP contribution in [0.25, 0.3) is 0 Å². The number of aryl methyl sites for hydroxylation is 1. The molecule has 0 aliphatic heterocycles. The number of alkyl halides is 3. The topological polar surface area (TPSA) is 24.1 Å². The highest BCUT2D eigenvalue weighted by Gasteiger charge is 2.31. The van der Waals surface area contributed by atoms with E-state index in [4.69, 9.17) is 35.4 Å². The molecule has 0 aliphatic carbocycles. The maximum atomic E-state index is 12.7. The first kappa shape index (κ1) is 17.8. The quantitative estimate of drug-likeness (QED) is 0.614. The number of benzene rings is 2. The molecule has 2 aromatic carbocycles. The fourth-order valence-electron chi connectivity index (χ4n) is 1.80. The minimum atomic E-state index is -4.46. The molecule has 0 saturated carbocycles. The summed E-state index contributed by atoms with van der Waals surface area (Å²) in [6.45, 7) is 1.85. The molecular weight excluding hydrogens is 368 g/mol. The van der Waals surface area contributed by atoms with Gasteiger partial charge in [-0.25, -0.2) is 0 Å². The van der Waals surface area contributed by atoms with Gasteiger partial charge < -0.3 is 10.6 Å². The molecule has 8 heteroatoms. The predicted molar refractivity (Wildman–Crippen MR) is 92.5 cm³/mol. The zero-order chi connectivity index (χ0) is 17.2. The van der Waals surface area contributed by atoms with Crippen molar-refractivity contribution in [2.24, 2.45) is 0 Å². The molecular formula is C15H11Cl2F3N2S. The average Bonchev–Trinajstić information content (AvgIpc) is 2.44. The number of thiocarbonyl (C=S) groups is 1. The first-order chi connectivity index (χ1) is 10.7. The van der Waals surface area contributed by atoms with Crippen molar-refractivity contribution >= 4 is 51.9 Å². The Morgan fingerprint density at radius 3 is 2.30 bits per heavy atom. The molecule has 0 amide bonds.